The fourth-order valence-electron chi connectivity index (χ4n) is 3.68. The van der Waals surface area contributed by atoms with E-state index >= 15 is 0 Å². The minimum atomic E-state index is 0.104. The van der Waals surface area contributed by atoms with Crippen LogP contribution < -0.4 is 0 Å². The zero-order valence-corrected chi connectivity index (χ0v) is 15.7. The van der Waals surface area contributed by atoms with Crippen LogP contribution in [0.4, 0.5) is 0 Å². The highest BCUT2D eigenvalue weighted by molar-refractivity contribution is 5.76. The Hall–Kier alpha value is -2.95. The molecule has 0 unspecified atom stereocenters. The van der Waals surface area contributed by atoms with Crippen molar-refractivity contribution >= 4 is 5.91 Å². The summed E-state index contributed by atoms with van der Waals surface area (Å²) < 4.78 is 5.33. The number of nitrogens with zero attached hydrogens (tertiary/aromatic N) is 3. The number of hydrogen-bond acceptors (Lipinski definition) is 4. The summed E-state index contributed by atoms with van der Waals surface area (Å²) in [5, 5.41) is 4.04. The Bertz CT molecular complexity index is 946. The van der Waals surface area contributed by atoms with Gasteiger partial charge in [0.25, 0.3) is 0 Å². The minimum absolute atomic E-state index is 0.104. The van der Waals surface area contributed by atoms with Gasteiger partial charge in [-0.1, -0.05) is 59.3 Å². The molecule has 1 heterocycles. The van der Waals surface area contributed by atoms with Crippen LogP contribution in [0, 0.1) is 6.92 Å². The molecule has 0 bridgehead atoms. The Morgan fingerprint density at radius 1 is 1.19 bits per heavy atom. The summed E-state index contributed by atoms with van der Waals surface area (Å²) in [6, 6.07) is 16.5. The van der Waals surface area contributed by atoms with Gasteiger partial charge in [-0.25, -0.2) is 0 Å². The molecule has 5 nitrogen and oxygen atoms in total. The number of amides is 1. The Morgan fingerprint density at radius 2 is 1.96 bits per heavy atom. The molecular formula is C22H23N3O2. The molecule has 1 atom stereocenters. The zero-order valence-electron chi connectivity index (χ0n) is 15.7. The van der Waals surface area contributed by atoms with E-state index in [1.54, 1.807) is 0 Å². The minimum Gasteiger partial charge on any atom is -0.339 e. The maximum absolute atomic E-state index is 12.7. The molecule has 3 aromatic rings. The highest BCUT2D eigenvalue weighted by atomic mass is 16.5. The maximum Gasteiger partial charge on any atom is 0.227 e. The van der Waals surface area contributed by atoms with Crippen LogP contribution in [0.5, 0.6) is 0 Å². The second-order valence-electron chi connectivity index (χ2n) is 7.14. The van der Waals surface area contributed by atoms with E-state index in [-0.39, 0.29) is 11.9 Å². The van der Waals surface area contributed by atoms with E-state index in [9.17, 15) is 4.79 Å². The van der Waals surface area contributed by atoms with Crippen molar-refractivity contribution in [3.05, 3.63) is 71.1 Å². The molecule has 138 valence electrons. The molecule has 2 aromatic carbocycles. The van der Waals surface area contributed by atoms with Gasteiger partial charge in [0.2, 0.25) is 17.6 Å². The van der Waals surface area contributed by atoms with Crippen LogP contribution >= 0.6 is 0 Å². The SMILES string of the molecule is Cc1ccc(-c2noc(CCC(=O)N(C)[C@H]3CCc4ccccc43)n2)cc1. The van der Waals surface area contributed by atoms with Crippen LogP contribution in [0.2, 0.25) is 0 Å². The summed E-state index contributed by atoms with van der Waals surface area (Å²) in [6.07, 6.45) is 2.84. The molecule has 0 fully saturated rings. The fraction of sp³-hybridized carbons (Fsp3) is 0.318. The number of aromatic nitrogens is 2. The molecule has 4 rings (SSSR count). The zero-order chi connectivity index (χ0) is 18.8. The standard InChI is InChI=1S/C22H23N3O2/c1-15-7-9-17(10-8-15)22-23-20(27-24-22)13-14-21(26)25(2)19-12-11-16-5-3-4-6-18(16)19/h3-10,19H,11-14H2,1-2H3/t19-/m0/s1. The topological polar surface area (TPSA) is 59.2 Å². The molecule has 0 spiro atoms. The third-order valence-electron chi connectivity index (χ3n) is 5.29. The van der Waals surface area contributed by atoms with E-state index in [1.807, 2.05) is 49.2 Å². The predicted molar refractivity (Wildman–Crippen MR) is 103 cm³/mol. The van der Waals surface area contributed by atoms with Gasteiger partial charge in [0.05, 0.1) is 6.04 Å². The number of carbonyl (C=O) groups excluding carboxylic acids is 1. The number of fused-ring (bicyclic) bond motifs is 1. The Balaban J connectivity index is 1.38. The van der Waals surface area contributed by atoms with Crippen LogP contribution in [-0.2, 0) is 17.6 Å². The molecule has 1 aromatic heterocycles. The molecule has 27 heavy (non-hydrogen) atoms. The third kappa shape index (κ3) is 3.63. The van der Waals surface area contributed by atoms with Crippen LogP contribution in [0.1, 0.15) is 41.5 Å². The smallest absolute Gasteiger partial charge is 0.227 e. The number of aryl methyl sites for hydroxylation is 3. The second-order valence-corrected chi connectivity index (χ2v) is 7.14. The van der Waals surface area contributed by atoms with Crippen molar-refractivity contribution in [2.75, 3.05) is 7.05 Å². The Labute approximate surface area is 159 Å². The van der Waals surface area contributed by atoms with Crippen LogP contribution in [0.15, 0.2) is 53.1 Å². The van der Waals surface area contributed by atoms with Crippen molar-refractivity contribution in [3.63, 3.8) is 0 Å². The molecular weight excluding hydrogens is 338 g/mol. The van der Waals surface area contributed by atoms with Gasteiger partial charge in [-0.15, -0.1) is 0 Å². The lowest BCUT2D eigenvalue weighted by Gasteiger charge is -2.25. The molecule has 5 heteroatoms. The summed E-state index contributed by atoms with van der Waals surface area (Å²) in [5.41, 5.74) is 4.72. The van der Waals surface area contributed by atoms with E-state index in [0.717, 1.165) is 18.4 Å². The number of hydrogen-bond donors (Lipinski definition) is 0. The third-order valence-corrected chi connectivity index (χ3v) is 5.29. The lowest BCUT2D eigenvalue weighted by atomic mass is 10.1. The van der Waals surface area contributed by atoms with Gasteiger partial charge < -0.3 is 9.42 Å². The molecule has 1 amide bonds. The van der Waals surface area contributed by atoms with Gasteiger partial charge >= 0.3 is 0 Å². The van der Waals surface area contributed by atoms with Crippen molar-refractivity contribution < 1.29 is 9.32 Å². The Morgan fingerprint density at radius 3 is 2.78 bits per heavy atom. The van der Waals surface area contributed by atoms with Crippen LogP contribution in [0.25, 0.3) is 11.4 Å². The Kier molecular flexibility index (Phi) is 4.75. The summed E-state index contributed by atoms with van der Waals surface area (Å²) in [5.74, 6) is 1.17. The van der Waals surface area contributed by atoms with Crippen LogP contribution in [0.3, 0.4) is 0 Å². The highest BCUT2D eigenvalue weighted by Crippen LogP contribution is 2.35. The van der Waals surface area contributed by atoms with Gasteiger partial charge in [-0.05, 0) is 30.9 Å². The molecule has 0 saturated carbocycles. The van der Waals surface area contributed by atoms with Gasteiger partial charge in [-0.2, -0.15) is 4.98 Å². The predicted octanol–water partition coefficient (Wildman–Crippen LogP) is 4.12. The van der Waals surface area contributed by atoms with Crippen molar-refractivity contribution in [2.24, 2.45) is 0 Å². The first kappa shape index (κ1) is 17.5. The average molecular weight is 361 g/mol. The number of benzene rings is 2. The molecule has 0 radical (unpaired) electrons. The normalized spacial score (nSPS) is 15.6. The molecule has 0 aliphatic heterocycles. The summed E-state index contributed by atoms with van der Waals surface area (Å²) in [4.78, 5) is 19.0. The highest BCUT2D eigenvalue weighted by Gasteiger charge is 2.28. The lowest BCUT2D eigenvalue weighted by Crippen LogP contribution is -2.30. The first-order valence-corrected chi connectivity index (χ1v) is 9.35. The molecule has 1 aliphatic rings. The largest absolute Gasteiger partial charge is 0.339 e. The van der Waals surface area contributed by atoms with E-state index in [4.69, 9.17) is 4.52 Å². The quantitative estimate of drug-likeness (QED) is 0.686. The van der Waals surface area contributed by atoms with Gasteiger partial charge in [0.15, 0.2) is 0 Å². The summed E-state index contributed by atoms with van der Waals surface area (Å²) >= 11 is 0. The molecule has 0 N–H and O–H groups in total. The second kappa shape index (κ2) is 7.35. The van der Waals surface area contributed by atoms with Crippen molar-refractivity contribution in [1.29, 1.82) is 0 Å². The van der Waals surface area contributed by atoms with E-state index in [0.29, 0.717) is 24.6 Å². The first-order valence-electron chi connectivity index (χ1n) is 9.35. The fourth-order valence-corrected chi connectivity index (χ4v) is 3.68. The van der Waals surface area contributed by atoms with Crippen molar-refractivity contribution in [3.8, 4) is 11.4 Å². The van der Waals surface area contributed by atoms with Gasteiger partial charge in [0.1, 0.15) is 0 Å². The van der Waals surface area contributed by atoms with E-state index in [1.165, 1.54) is 16.7 Å². The number of rotatable bonds is 5. The summed E-state index contributed by atoms with van der Waals surface area (Å²) in [6.45, 7) is 2.04. The van der Waals surface area contributed by atoms with Gasteiger partial charge in [-0.3, -0.25) is 4.79 Å². The summed E-state index contributed by atoms with van der Waals surface area (Å²) in [7, 11) is 1.89. The maximum atomic E-state index is 12.7. The molecule has 0 saturated heterocycles. The van der Waals surface area contributed by atoms with Gasteiger partial charge in [0, 0.05) is 25.5 Å². The lowest BCUT2D eigenvalue weighted by molar-refractivity contribution is -0.132. The monoisotopic (exact) mass is 361 g/mol. The molecule has 1 aliphatic carbocycles. The average Bonchev–Trinajstić information content (AvgIpc) is 3.33. The van der Waals surface area contributed by atoms with Crippen LogP contribution in [-0.4, -0.2) is 28.0 Å². The van der Waals surface area contributed by atoms with E-state index < -0.39 is 0 Å². The van der Waals surface area contributed by atoms with E-state index in [2.05, 4.69) is 28.3 Å². The number of carbonyl (C=O) groups is 1. The van der Waals surface area contributed by atoms with Crippen molar-refractivity contribution in [1.82, 2.24) is 15.0 Å². The van der Waals surface area contributed by atoms with Crippen molar-refractivity contribution in [2.45, 2.75) is 38.6 Å². The first-order chi connectivity index (χ1) is 13.1.